The lowest BCUT2D eigenvalue weighted by Crippen LogP contribution is -2.15. The second-order valence-corrected chi connectivity index (χ2v) is 18.2. The fraction of sp³-hybridized carbons (Fsp3) is 0.0492. The number of furan rings is 1. The van der Waals surface area contributed by atoms with E-state index in [0.717, 1.165) is 66.8 Å². The minimum Gasteiger partial charge on any atom is -0.456 e. The van der Waals surface area contributed by atoms with Gasteiger partial charge in [-0.1, -0.05) is 147 Å². The van der Waals surface area contributed by atoms with Crippen molar-refractivity contribution in [3.63, 3.8) is 0 Å². The van der Waals surface area contributed by atoms with Crippen molar-refractivity contribution in [1.82, 2.24) is 19.1 Å². The third-order valence-corrected chi connectivity index (χ3v) is 14.1. The lowest BCUT2D eigenvalue weighted by Gasteiger charge is -2.22. The molecule has 5 nitrogen and oxygen atoms in total. The molecule has 0 fully saturated rings. The van der Waals surface area contributed by atoms with Crippen molar-refractivity contribution >= 4 is 65.6 Å². The molecule has 310 valence electrons. The number of aromatic nitrogens is 4. The molecule has 0 radical (unpaired) electrons. The van der Waals surface area contributed by atoms with E-state index in [-0.39, 0.29) is 5.41 Å². The Morgan fingerprint density at radius 2 is 1.00 bits per heavy atom. The highest BCUT2D eigenvalue weighted by molar-refractivity contribution is 6.18. The molecule has 0 N–H and O–H groups in total. The predicted molar refractivity (Wildman–Crippen MR) is 272 cm³/mol. The van der Waals surface area contributed by atoms with Gasteiger partial charge in [0.2, 0.25) is 0 Å². The highest BCUT2D eigenvalue weighted by Gasteiger charge is 2.37. The molecule has 9 aromatic carbocycles. The molecular formula is C61H40N4O. The molecular weight excluding hydrogens is 805 g/mol. The normalized spacial score (nSPS) is 13.1. The SMILES string of the molecule is CC1(C)c2ccc(-c3ccc4c(c3)c3cc5c(cc3n4-c3ccccc3)oc3ccccc35)cc2-c2cc3c4ccccc4n(-c4cc(-c5ccccc5)nc(-c5ccccc5)n4)c3cc21. The van der Waals surface area contributed by atoms with Crippen LogP contribution in [0.5, 0.6) is 0 Å². The molecule has 1 aliphatic carbocycles. The molecule has 14 rings (SSSR count). The molecule has 4 aromatic heterocycles. The Morgan fingerprint density at radius 1 is 0.379 bits per heavy atom. The van der Waals surface area contributed by atoms with Crippen LogP contribution in [0, 0.1) is 0 Å². The van der Waals surface area contributed by atoms with Crippen molar-refractivity contribution < 1.29 is 4.42 Å². The zero-order valence-corrected chi connectivity index (χ0v) is 36.3. The summed E-state index contributed by atoms with van der Waals surface area (Å²) in [4.78, 5) is 10.4. The Balaban J connectivity index is 0.956. The van der Waals surface area contributed by atoms with Gasteiger partial charge in [0.1, 0.15) is 17.0 Å². The predicted octanol–water partition coefficient (Wildman–Crippen LogP) is 15.9. The zero-order chi connectivity index (χ0) is 43.7. The number of hydrogen-bond donors (Lipinski definition) is 0. The molecule has 0 bridgehead atoms. The smallest absolute Gasteiger partial charge is 0.162 e. The van der Waals surface area contributed by atoms with Gasteiger partial charge in [-0.05, 0) is 94.0 Å². The van der Waals surface area contributed by atoms with E-state index in [1.807, 2.05) is 30.3 Å². The fourth-order valence-corrected chi connectivity index (χ4v) is 10.9. The molecule has 4 heterocycles. The summed E-state index contributed by atoms with van der Waals surface area (Å²) in [7, 11) is 0. The number of para-hydroxylation sites is 3. The topological polar surface area (TPSA) is 48.8 Å². The van der Waals surface area contributed by atoms with Crippen LogP contribution in [0.4, 0.5) is 0 Å². The van der Waals surface area contributed by atoms with Crippen LogP contribution in [0.15, 0.2) is 211 Å². The highest BCUT2D eigenvalue weighted by Crippen LogP contribution is 2.52. The minimum atomic E-state index is -0.236. The van der Waals surface area contributed by atoms with Crippen LogP contribution in [0.2, 0.25) is 0 Å². The molecule has 0 atom stereocenters. The molecule has 13 aromatic rings. The van der Waals surface area contributed by atoms with Gasteiger partial charge >= 0.3 is 0 Å². The Kier molecular flexibility index (Phi) is 7.68. The van der Waals surface area contributed by atoms with E-state index in [4.69, 9.17) is 14.4 Å². The quantitative estimate of drug-likeness (QED) is 0.173. The van der Waals surface area contributed by atoms with Gasteiger partial charge in [0.25, 0.3) is 0 Å². The number of benzene rings is 9. The van der Waals surface area contributed by atoms with E-state index in [2.05, 4.69) is 199 Å². The summed E-state index contributed by atoms with van der Waals surface area (Å²) in [5, 5.41) is 7.08. The van der Waals surface area contributed by atoms with Crippen LogP contribution >= 0.6 is 0 Å². The molecule has 0 aliphatic heterocycles. The monoisotopic (exact) mass is 844 g/mol. The highest BCUT2D eigenvalue weighted by atomic mass is 16.3. The lowest BCUT2D eigenvalue weighted by molar-refractivity contribution is 0.661. The summed E-state index contributed by atoms with van der Waals surface area (Å²) in [6.07, 6.45) is 0. The van der Waals surface area contributed by atoms with Gasteiger partial charge in [0, 0.05) is 66.7 Å². The number of rotatable bonds is 5. The van der Waals surface area contributed by atoms with Crippen LogP contribution < -0.4 is 0 Å². The van der Waals surface area contributed by atoms with E-state index >= 15 is 0 Å². The average Bonchev–Trinajstić information content (AvgIpc) is 4.07. The largest absolute Gasteiger partial charge is 0.456 e. The van der Waals surface area contributed by atoms with E-state index in [0.29, 0.717) is 5.82 Å². The zero-order valence-electron chi connectivity index (χ0n) is 36.3. The summed E-state index contributed by atoms with van der Waals surface area (Å²) in [6.45, 7) is 4.74. The van der Waals surface area contributed by atoms with Crippen molar-refractivity contribution in [3.05, 3.63) is 217 Å². The second kappa shape index (κ2) is 13.7. The summed E-state index contributed by atoms with van der Waals surface area (Å²) in [6, 6.07) is 74.1. The Hall–Kier alpha value is -8.54. The maximum atomic E-state index is 6.43. The molecule has 0 saturated carbocycles. The van der Waals surface area contributed by atoms with Crippen molar-refractivity contribution in [2.75, 3.05) is 0 Å². The number of fused-ring (bicyclic) bond motifs is 12. The molecule has 0 saturated heterocycles. The average molecular weight is 845 g/mol. The van der Waals surface area contributed by atoms with Gasteiger partial charge in [-0.15, -0.1) is 0 Å². The van der Waals surface area contributed by atoms with E-state index in [9.17, 15) is 0 Å². The van der Waals surface area contributed by atoms with E-state index < -0.39 is 0 Å². The summed E-state index contributed by atoms with van der Waals surface area (Å²) < 4.78 is 11.1. The Bertz CT molecular complexity index is 4060. The molecule has 0 unspecified atom stereocenters. The lowest BCUT2D eigenvalue weighted by atomic mass is 9.82. The van der Waals surface area contributed by atoms with Crippen LogP contribution in [-0.2, 0) is 5.41 Å². The first-order valence-electron chi connectivity index (χ1n) is 22.6. The standard InChI is InChI=1S/C61H40N4O/c1-61(2)50-28-26-39(40-27-29-54-46(31-40)48-33-49-43-23-13-15-25-57(43)66-58(49)36-56(48)64(54)41-20-10-5-11-21-41)30-44(50)45-32-47-42-22-12-14-24-53(42)65(55(47)34-51(45)61)59-35-52(37-16-6-3-7-17-37)62-60(63-59)38-18-8-4-9-19-38/h3-36H,1-2H3. The third kappa shape index (κ3) is 5.34. The Morgan fingerprint density at radius 3 is 1.82 bits per heavy atom. The van der Waals surface area contributed by atoms with Gasteiger partial charge in [0.05, 0.1) is 27.8 Å². The number of nitrogens with zero attached hydrogens (tertiary/aromatic N) is 4. The second-order valence-electron chi connectivity index (χ2n) is 18.2. The van der Waals surface area contributed by atoms with Gasteiger partial charge in [-0.2, -0.15) is 0 Å². The molecule has 66 heavy (non-hydrogen) atoms. The van der Waals surface area contributed by atoms with E-state index in [1.54, 1.807) is 0 Å². The summed E-state index contributed by atoms with van der Waals surface area (Å²) >= 11 is 0. The van der Waals surface area contributed by atoms with Crippen molar-refractivity contribution in [2.24, 2.45) is 0 Å². The van der Waals surface area contributed by atoms with Crippen LogP contribution in [-0.4, -0.2) is 19.1 Å². The maximum absolute atomic E-state index is 6.43. The number of hydrogen-bond acceptors (Lipinski definition) is 3. The van der Waals surface area contributed by atoms with Crippen LogP contribution in [0.1, 0.15) is 25.0 Å². The summed E-state index contributed by atoms with van der Waals surface area (Å²) in [5.41, 5.74) is 17.7. The molecule has 0 amide bonds. The maximum Gasteiger partial charge on any atom is 0.162 e. The minimum absolute atomic E-state index is 0.236. The molecule has 5 heteroatoms. The van der Waals surface area contributed by atoms with E-state index in [1.165, 1.54) is 60.4 Å². The van der Waals surface area contributed by atoms with Crippen molar-refractivity contribution in [3.8, 4) is 56.4 Å². The first-order chi connectivity index (χ1) is 32.5. The van der Waals surface area contributed by atoms with Gasteiger partial charge in [-0.3, -0.25) is 4.57 Å². The van der Waals surface area contributed by atoms with Crippen LogP contribution in [0.3, 0.4) is 0 Å². The first kappa shape index (κ1) is 36.9. The van der Waals surface area contributed by atoms with Gasteiger partial charge in [0.15, 0.2) is 5.82 Å². The van der Waals surface area contributed by atoms with Crippen molar-refractivity contribution in [2.45, 2.75) is 19.3 Å². The fourth-order valence-electron chi connectivity index (χ4n) is 10.9. The van der Waals surface area contributed by atoms with Crippen molar-refractivity contribution in [1.29, 1.82) is 0 Å². The summed E-state index contributed by atoms with van der Waals surface area (Å²) in [5.74, 6) is 1.54. The Labute approximate surface area is 380 Å². The first-order valence-corrected chi connectivity index (χ1v) is 22.6. The molecule has 1 aliphatic rings. The molecule has 0 spiro atoms. The van der Waals surface area contributed by atoms with Crippen LogP contribution in [0.25, 0.3) is 122 Å². The van der Waals surface area contributed by atoms with Gasteiger partial charge < -0.3 is 8.98 Å². The third-order valence-electron chi connectivity index (χ3n) is 14.1. The van der Waals surface area contributed by atoms with Gasteiger partial charge in [-0.25, -0.2) is 9.97 Å².